The fourth-order valence-electron chi connectivity index (χ4n) is 1.43. The van der Waals surface area contributed by atoms with E-state index in [1.165, 1.54) is 0 Å². The topological polar surface area (TPSA) is 64.4 Å². The Labute approximate surface area is 104 Å². The maximum Gasteiger partial charge on any atom is 0.0624 e. The normalized spacial score (nSPS) is 15.8. The lowest BCUT2D eigenvalue weighted by molar-refractivity contribution is 1.13. The molecule has 17 heavy (non-hydrogen) atoms. The first-order valence-electron chi connectivity index (χ1n) is 5.79. The first-order valence-corrected chi connectivity index (χ1v) is 5.79. The summed E-state index contributed by atoms with van der Waals surface area (Å²) in [5, 5.41) is 0. The minimum Gasteiger partial charge on any atom is -0.397 e. The molecule has 0 heterocycles. The molecule has 3 nitrogen and oxygen atoms in total. The van der Waals surface area contributed by atoms with Crippen molar-refractivity contribution < 1.29 is 0 Å². The van der Waals surface area contributed by atoms with Crippen molar-refractivity contribution in [1.82, 2.24) is 0 Å². The largest absolute Gasteiger partial charge is 0.397 e. The SMILES string of the molecule is C\C=C/C(C(/C=NC)=C/C)=C(N)\C(N)=C\CC. The van der Waals surface area contributed by atoms with Crippen LogP contribution in [0.15, 0.2) is 51.8 Å². The predicted molar refractivity (Wildman–Crippen MR) is 76.8 cm³/mol. The van der Waals surface area contributed by atoms with E-state index in [0.717, 1.165) is 17.6 Å². The van der Waals surface area contributed by atoms with E-state index in [-0.39, 0.29) is 0 Å². The second-order valence-corrected chi connectivity index (χ2v) is 3.53. The Hall–Kier alpha value is -1.77. The maximum atomic E-state index is 6.07. The summed E-state index contributed by atoms with van der Waals surface area (Å²) in [6, 6.07) is 0. The van der Waals surface area contributed by atoms with Crippen LogP contribution in [0.5, 0.6) is 0 Å². The molecule has 0 saturated carbocycles. The van der Waals surface area contributed by atoms with Crippen molar-refractivity contribution in [2.75, 3.05) is 7.05 Å². The zero-order chi connectivity index (χ0) is 13.3. The van der Waals surface area contributed by atoms with E-state index in [1.54, 1.807) is 13.3 Å². The third-order valence-electron chi connectivity index (χ3n) is 2.25. The number of nitrogens with zero attached hydrogens (tertiary/aromatic N) is 1. The molecule has 0 aliphatic rings. The summed E-state index contributed by atoms with van der Waals surface area (Å²) in [6.45, 7) is 5.93. The molecule has 0 rings (SSSR count). The Morgan fingerprint density at radius 2 is 1.88 bits per heavy atom. The van der Waals surface area contributed by atoms with E-state index in [2.05, 4.69) is 4.99 Å². The quantitative estimate of drug-likeness (QED) is 0.566. The monoisotopic (exact) mass is 233 g/mol. The first-order chi connectivity index (χ1) is 8.12. The molecule has 0 saturated heterocycles. The third-order valence-corrected chi connectivity index (χ3v) is 2.25. The van der Waals surface area contributed by atoms with Crippen LogP contribution in [-0.2, 0) is 0 Å². The minimum absolute atomic E-state index is 0.595. The average molecular weight is 233 g/mol. The van der Waals surface area contributed by atoms with Crippen molar-refractivity contribution in [3.63, 3.8) is 0 Å². The van der Waals surface area contributed by atoms with E-state index < -0.39 is 0 Å². The molecule has 0 aromatic rings. The van der Waals surface area contributed by atoms with Gasteiger partial charge in [-0.05, 0) is 25.8 Å². The number of nitrogens with two attached hydrogens (primary N) is 2. The molecule has 4 N–H and O–H groups in total. The number of hydrogen-bond acceptors (Lipinski definition) is 3. The third kappa shape index (κ3) is 4.72. The van der Waals surface area contributed by atoms with Gasteiger partial charge in [0.05, 0.1) is 11.4 Å². The molecule has 0 radical (unpaired) electrons. The Bertz CT molecular complexity index is 382. The number of hydrogen-bond donors (Lipinski definition) is 2. The average Bonchev–Trinajstić information content (AvgIpc) is 2.33. The van der Waals surface area contributed by atoms with Gasteiger partial charge in [-0.15, -0.1) is 0 Å². The lowest BCUT2D eigenvalue weighted by atomic mass is 10.0. The van der Waals surface area contributed by atoms with Crippen LogP contribution in [0.2, 0.25) is 0 Å². The number of rotatable bonds is 5. The van der Waals surface area contributed by atoms with Crippen molar-refractivity contribution in [3.8, 4) is 0 Å². The fourth-order valence-corrected chi connectivity index (χ4v) is 1.43. The molecule has 0 aliphatic heterocycles. The molecule has 0 atom stereocenters. The summed E-state index contributed by atoms with van der Waals surface area (Å²) in [5.74, 6) is 0. The highest BCUT2D eigenvalue weighted by atomic mass is 14.7. The van der Waals surface area contributed by atoms with Crippen molar-refractivity contribution in [1.29, 1.82) is 0 Å². The van der Waals surface area contributed by atoms with Gasteiger partial charge in [0.1, 0.15) is 0 Å². The first kappa shape index (κ1) is 15.2. The summed E-state index contributed by atoms with van der Waals surface area (Å²) in [4.78, 5) is 4.02. The lowest BCUT2D eigenvalue weighted by Crippen LogP contribution is -2.13. The lowest BCUT2D eigenvalue weighted by Gasteiger charge is -2.09. The van der Waals surface area contributed by atoms with Crippen LogP contribution in [0.1, 0.15) is 27.2 Å². The molecule has 3 heteroatoms. The Kier molecular flexibility index (Phi) is 7.52. The van der Waals surface area contributed by atoms with Crippen LogP contribution in [0.3, 0.4) is 0 Å². The van der Waals surface area contributed by atoms with E-state index in [1.807, 2.05) is 45.1 Å². The standard InChI is InChI=1S/C14H23N3/c1-5-8-12(11(7-3)10-17-4)14(16)13(15)9-6-2/h5,7-10H,6,15-16H2,1-4H3/b8-5-,11-7+,13-9-,14-12-,17-10?. The van der Waals surface area contributed by atoms with E-state index in [9.17, 15) is 0 Å². The molecular formula is C14H23N3. The number of aliphatic imine (C=N–C) groups is 1. The van der Waals surface area contributed by atoms with Gasteiger partial charge in [-0.25, -0.2) is 0 Å². The highest BCUT2D eigenvalue weighted by Gasteiger charge is 2.06. The second kappa shape index (κ2) is 8.39. The van der Waals surface area contributed by atoms with E-state index in [4.69, 9.17) is 11.5 Å². The van der Waals surface area contributed by atoms with Crippen molar-refractivity contribution >= 4 is 6.21 Å². The Morgan fingerprint density at radius 3 is 2.29 bits per heavy atom. The zero-order valence-electron chi connectivity index (χ0n) is 11.2. The van der Waals surface area contributed by atoms with Crippen LogP contribution in [0.25, 0.3) is 0 Å². The van der Waals surface area contributed by atoms with E-state index in [0.29, 0.717) is 11.4 Å². The number of allylic oxidation sites excluding steroid dienone is 6. The molecule has 0 aromatic carbocycles. The molecule has 0 aromatic heterocycles. The van der Waals surface area contributed by atoms with Gasteiger partial charge in [0, 0.05) is 18.8 Å². The summed E-state index contributed by atoms with van der Waals surface area (Å²) in [7, 11) is 1.73. The van der Waals surface area contributed by atoms with Gasteiger partial charge >= 0.3 is 0 Å². The van der Waals surface area contributed by atoms with Crippen molar-refractivity contribution in [2.45, 2.75) is 27.2 Å². The summed E-state index contributed by atoms with van der Waals surface area (Å²) in [5.41, 5.74) is 15.1. The zero-order valence-corrected chi connectivity index (χ0v) is 11.2. The maximum absolute atomic E-state index is 6.07. The van der Waals surface area contributed by atoms with E-state index >= 15 is 0 Å². The van der Waals surface area contributed by atoms with Gasteiger partial charge in [-0.3, -0.25) is 4.99 Å². The Balaban J connectivity index is 5.64. The van der Waals surface area contributed by atoms with Gasteiger partial charge in [0.15, 0.2) is 0 Å². The summed E-state index contributed by atoms with van der Waals surface area (Å²) < 4.78 is 0. The molecule has 0 spiro atoms. The molecule has 0 aliphatic carbocycles. The second-order valence-electron chi connectivity index (χ2n) is 3.53. The highest BCUT2D eigenvalue weighted by Crippen LogP contribution is 2.16. The molecule has 94 valence electrons. The van der Waals surface area contributed by atoms with Gasteiger partial charge in [0.2, 0.25) is 0 Å². The van der Waals surface area contributed by atoms with Crippen LogP contribution in [-0.4, -0.2) is 13.3 Å². The fraction of sp³-hybridized carbons (Fsp3) is 0.357. The summed E-state index contributed by atoms with van der Waals surface area (Å²) in [6.07, 6.45) is 10.4. The molecule has 0 bridgehead atoms. The molecular weight excluding hydrogens is 210 g/mol. The van der Waals surface area contributed by atoms with Gasteiger partial charge in [-0.1, -0.05) is 31.2 Å². The molecule has 0 amide bonds. The smallest absolute Gasteiger partial charge is 0.0624 e. The van der Waals surface area contributed by atoms with Crippen LogP contribution >= 0.6 is 0 Å². The molecule has 0 unspecified atom stereocenters. The van der Waals surface area contributed by atoms with Crippen molar-refractivity contribution in [2.24, 2.45) is 16.5 Å². The highest BCUT2D eigenvalue weighted by molar-refractivity contribution is 5.86. The summed E-state index contributed by atoms with van der Waals surface area (Å²) >= 11 is 0. The van der Waals surface area contributed by atoms with Gasteiger partial charge in [0.25, 0.3) is 0 Å². The Morgan fingerprint density at radius 1 is 1.24 bits per heavy atom. The van der Waals surface area contributed by atoms with Crippen molar-refractivity contribution in [3.05, 3.63) is 46.8 Å². The van der Waals surface area contributed by atoms with Crippen LogP contribution < -0.4 is 11.5 Å². The van der Waals surface area contributed by atoms with Gasteiger partial charge in [-0.2, -0.15) is 0 Å². The van der Waals surface area contributed by atoms with Crippen LogP contribution in [0.4, 0.5) is 0 Å². The molecule has 0 fully saturated rings. The van der Waals surface area contributed by atoms with Crippen LogP contribution in [0, 0.1) is 0 Å². The van der Waals surface area contributed by atoms with Gasteiger partial charge < -0.3 is 11.5 Å². The predicted octanol–water partition coefficient (Wildman–Crippen LogP) is 2.67. The minimum atomic E-state index is 0.595.